The van der Waals surface area contributed by atoms with Crippen molar-refractivity contribution in [2.24, 2.45) is 0 Å². The summed E-state index contributed by atoms with van der Waals surface area (Å²) in [5, 5.41) is 2.72. The third-order valence-electron chi connectivity index (χ3n) is 3.82. The first-order valence-electron chi connectivity index (χ1n) is 8.53. The summed E-state index contributed by atoms with van der Waals surface area (Å²) in [6.45, 7) is 5.38. The van der Waals surface area contributed by atoms with Gasteiger partial charge < -0.3 is 14.8 Å². The monoisotopic (exact) mass is 395 g/mol. The Bertz CT molecular complexity index is 832. The molecule has 150 valence electrons. The van der Waals surface area contributed by atoms with Gasteiger partial charge in [0.15, 0.2) is 6.10 Å². The number of hydrogen-bond donors (Lipinski definition) is 1. The Kier molecular flexibility index (Phi) is 6.66. The van der Waals surface area contributed by atoms with Crippen LogP contribution >= 0.6 is 0 Å². The van der Waals surface area contributed by atoms with Crippen LogP contribution in [0.5, 0.6) is 5.75 Å². The number of esters is 1. The molecule has 1 atom stereocenters. The third kappa shape index (κ3) is 6.00. The summed E-state index contributed by atoms with van der Waals surface area (Å²) in [4.78, 5) is 24.4. The number of benzene rings is 2. The molecular formula is C20H20F3NO4. The van der Waals surface area contributed by atoms with Gasteiger partial charge in [-0.15, -0.1) is 13.2 Å². The van der Waals surface area contributed by atoms with Crippen LogP contribution in [0.4, 0.5) is 18.9 Å². The molecule has 0 saturated carbocycles. The van der Waals surface area contributed by atoms with Crippen molar-refractivity contribution in [3.05, 3.63) is 59.7 Å². The zero-order chi connectivity index (χ0) is 20.9. The first kappa shape index (κ1) is 21.3. The van der Waals surface area contributed by atoms with Crippen molar-refractivity contribution in [2.75, 3.05) is 5.32 Å². The lowest BCUT2D eigenvalue weighted by Crippen LogP contribution is -2.30. The number of rotatable bonds is 6. The Labute approximate surface area is 160 Å². The molecule has 0 radical (unpaired) electrons. The molecule has 0 aromatic heterocycles. The number of para-hydroxylation sites is 1. The van der Waals surface area contributed by atoms with Crippen LogP contribution in [0, 0.1) is 0 Å². The zero-order valence-electron chi connectivity index (χ0n) is 15.5. The van der Waals surface area contributed by atoms with E-state index in [4.69, 9.17) is 4.74 Å². The Morgan fingerprint density at radius 1 is 0.964 bits per heavy atom. The van der Waals surface area contributed by atoms with Gasteiger partial charge in [0.25, 0.3) is 5.91 Å². The van der Waals surface area contributed by atoms with Gasteiger partial charge in [-0.05, 0) is 48.7 Å². The maximum atomic E-state index is 12.3. The number of carbonyl (C=O) groups is 2. The van der Waals surface area contributed by atoms with Gasteiger partial charge in [-0.1, -0.05) is 32.0 Å². The third-order valence-corrected chi connectivity index (χ3v) is 3.82. The van der Waals surface area contributed by atoms with Gasteiger partial charge >= 0.3 is 12.3 Å². The standard InChI is InChI=1S/C20H20F3NO4/c1-12(2)16-6-4-5-7-17(16)24-18(25)13(3)27-19(26)14-8-10-15(11-9-14)28-20(21,22)23/h4-13H,1-3H3,(H,24,25)/t13-/m1/s1. The fourth-order valence-corrected chi connectivity index (χ4v) is 2.42. The molecule has 2 aromatic rings. The first-order chi connectivity index (χ1) is 13.1. The lowest BCUT2D eigenvalue weighted by Gasteiger charge is -2.17. The minimum atomic E-state index is -4.82. The van der Waals surface area contributed by atoms with Crippen LogP contribution in [0.2, 0.25) is 0 Å². The van der Waals surface area contributed by atoms with E-state index in [2.05, 4.69) is 10.1 Å². The van der Waals surface area contributed by atoms with Crippen molar-refractivity contribution in [1.29, 1.82) is 0 Å². The van der Waals surface area contributed by atoms with Gasteiger partial charge in [0, 0.05) is 5.69 Å². The summed E-state index contributed by atoms with van der Waals surface area (Å²) in [7, 11) is 0. The second kappa shape index (κ2) is 8.77. The highest BCUT2D eigenvalue weighted by Gasteiger charge is 2.31. The Hall–Kier alpha value is -3.03. The van der Waals surface area contributed by atoms with Crippen LogP contribution < -0.4 is 10.1 Å². The molecule has 2 rings (SSSR count). The zero-order valence-corrected chi connectivity index (χ0v) is 15.5. The molecular weight excluding hydrogens is 375 g/mol. The Morgan fingerprint density at radius 2 is 1.57 bits per heavy atom. The van der Waals surface area contributed by atoms with Crippen molar-refractivity contribution >= 4 is 17.6 Å². The van der Waals surface area contributed by atoms with Crippen molar-refractivity contribution in [1.82, 2.24) is 0 Å². The van der Waals surface area contributed by atoms with Gasteiger partial charge in [0.1, 0.15) is 5.75 Å². The number of hydrogen-bond acceptors (Lipinski definition) is 4. The highest BCUT2D eigenvalue weighted by molar-refractivity contribution is 5.97. The minimum absolute atomic E-state index is 0.00300. The molecule has 0 bridgehead atoms. The summed E-state index contributed by atoms with van der Waals surface area (Å²) in [5.41, 5.74) is 1.56. The highest BCUT2D eigenvalue weighted by Crippen LogP contribution is 2.25. The van der Waals surface area contributed by atoms with E-state index in [0.717, 1.165) is 29.8 Å². The van der Waals surface area contributed by atoms with Crippen LogP contribution in [0.25, 0.3) is 0 Å². The van der Waals surface area contributed by atoms with E-state index in [1.165, 1.54) is 6.92 Å². The van der Waals surface area contributed by atoms with Crippen LogP contribution in [0.1, 0.15) is 42.6 Å². The molecule has 0 aliphatic heterocycles. The molecule has 0 saturated heterocycles. The molecule has 0 unspecified atom stereocenters. The Balaban J connectivity index is 1.99. The lowest BCUT2D eigenvalue weighted by molar-refractivity contribution is -0.274. The first-order valence-corrected chi connectivity index (χ1v) is 8.53. The Morgan fingerprint density at radius 3 is 2.14 bits per heavy atom. The van der Waals surface area contributed by atoms with Crippen LogP contribution in [0.15, 0.2) is 48.5 Å². The number of amides is 1. The van der Waals surface area contributed by atoms with Crippen molar-refractivity contribution in [3.63, 3.8) is 0 Å². The molecule has 0 spiro atoms. The summed E-state index contributed by atoms with van der Waals surface area (Å²) >= 11 is 0. The largest absolute Gasteiger partial charge is 0.573 e. The fraction of sp³-hybridized carbons (Fsp3) is 0.300. The molecule has 1 N–H and O–H groups in total. The second-order valence-corrected chi connectivity index (χ2v) is 6.35. The second-order valence-electron chi connectivity index (χ2n) is 6.35. The van der Waals surface area contributed by atoms with Gasteiger partial charge in [-0.25, -0.2) is 4.79 Å². The summed E-state index contributed by atoms with van der Waals surface area (Å²) in [6, 6.07) is 11.5. The quantitative estimate of drug-likeness (QED) is 0.707. The molecule has 0 fully saturated rings. The van der Waals surface area contributed by atoms with E-state index in [-0.39, 0.29) is 11.5 Å². The van der Waals surface area contributed by atoms with E-state index in [1.807, 2.05) is 26.0 Å². The predicted molar refractivity (Wildman–Crippen MR) is 97.2 cm³/mol. The predicted octanol–water partition coefficient (Wildman–Crippen LogP) is 4.89. The number of carbonyl (C=O) groups excluding carboxylic acids is 2. The fourth-order valence-electron chi connectivity index (χ4n) is 2.42. The number of nitrogens with one attached hydrogen (secondary N) is 1. The maximum Gasteiger partial charge on any atom is 0.573 e. The highest BCUT2D eigenvalue weighted by atomic mass is 19.4. The average Bonchev–Trinajstić information content (AvgIpc) is 2.61. The molecule has 1 amide bonds. The number of ether oxygens (including phenoxy) is 2. The van der Waals surface area contributed by atoms with E-state index >= 15 is 0 Å². The van der Waals surface area contributed by atoms with Gasteiger partial charge in [-0.3, -0.25) is 4.79 Å². The molecule has 2 aromatic carbocycles. The molecule has 0 heterocycles. The number of anilines is 1. The lowest BCUT2D eigenvalue weighted by atomic mass is 10.0. The maximum absolute atomic E-state index is 12.3. The van der Waals surface area contributed by atoms with E-state index < -0.39 is 30.1 Å². The molecule has 28 heavy (non-hydrogen) atoms. The summed E-state index contributed by atoms with van der Waals surface area (Å²) < 4.78 is 45.3. The van der Waals surface area contributed by atoms with E-state index in [0.29, 0.717) is 5.69 Å². The van der Waals surface area contributed by atoms with E-state index in [9.17, 15) is 22.8 Å². The molecule has 0 aliphatic rings. The van der Waals surface area contributed by atoms with Crippen LogP contribution in [0.3, 0.4) is 0 Å². The SMILES string of the molecule is CC(C)c1ccccc1NC(=O)[C@@H](C)OC(=O)c1ccc(OC(F)(F)F)cc1. The molecule has 5 nitrogen and oxygen atoms in total. The van der Waals surface area contributed by atoms with E-state index in [1.54, 1.807) is 12.1 Å². The summed E-state index contributed by atoms with van der Waals surface area (Å²) in [6.07, 6.45) is -5.92. The normalized spacial score (nSPS) is 12.4. The number of halogens is 3. The van der Waals surface area contributed by atoms with Crippen molar-refractivity contribution in [2.45, 2.75) is 39.2 Å². The van der Waals surface area contributed by atoms with Crippen LogP contribution in [-0.2, 0) is 9.53 Å². The van der Waals surface area contributed by atoms with Crippen LogP contribution in [-0.4, -0.2) is 24.3 Å². The number of alkyl halides is 3. The van der Waals surface area contributed by atoms with Gasteiger partial charge in [-0.2, -0.15) is 0 Å². The van der Waals surface area contributed by atoms with Gasteiger partial charge in [0.05, 0.1) is 5.56 Å². The summed E-state index contributed by atoms with van der Waals surface area (Å²) in [5.74, 6) is -1.62. The average molecular weight is 395 g/mol. The smallest absolute Gasteiger partial charge is 0.449 e. The van der Waals surface area contributed by atoms with Gasteiger partial charge in [0.2, 0.25) is 0 Å². The molecule has 8 heteroatoms. The van der Waals surface area contributed by atoms with Crippen molar-refractivity contribution < 1.29 is 32.2 Å². The molecule has 0 aliphatic carbocycles. The minimum Gasteiger partial charge on any atom is -0.449 e. The van der Waals surface area contributed by atoms with Crippen molar-refractivity contribution in [3.8, 4) is 5.75 Å². The topological polar surface area (TPSA) is 64.6 Å².